The molecule has 3 aliphatic heterocycles. The summed E-state index contributed by atoms with van der Waals surface area (Å²) in [5.41, 5.74) is 4.88. The van der Waals surface area contributed by atoms with Crippen LogP contribution in [0.2, 0.25) is 0 Å². The SMILES string of the molecule is NNc1ccc(N2CCC(N3CC4OCCOC4C3)C2)cc1. The minimum atomic E-state index is 0.276. The van der Waals surface area contributed by atoms with Crippen LogP contribution in [0.1, 0.15) is 6.42 Å². The Labute approximate surface area is 131 Å². The molecule has 6 nitrogen and oxygen atoms in total. The van der Waals surface area contributed by atoms with Crippen LogP contribution < -0.4 is 16.2 Å². The maximum atomic E-state index is 5.83. The van der Waals surface area contributed by atoms with Gasteiger partial charge in [0, 0.05) is 43.6 Å². The lowest BCUT2D eigenvalue weighted by Gasteiger charge is -2.24. The molecule has 3 unspecified atom stereocenters. The summed E-state index contributed by atoms with van der Waals surface area (Å²) in [5.74, 6) is 5.42. The van der Waals surface area contributed by atoms with Crippen molar-refractivity contribution in [3.63, 3.8) is 0 Å². The number of likely N-dealkylation sites (tertiary alicyclic amines) is 1. The average Bonchev–Trinajstić information content (AvgIpc) is 3.21. The molecule has 3 fully saturated rings. The zero-order valence-corrected chi connectivity index (χ0v) is 12.8. The summed E-state index contributed by atoms with van der Waals surface area (Å²) in [5, 5.41) is 0. The van der Waals surface area contributed by atoms with Crippen molar-refractivity contribution in [3.8, 4) is 0 Å². The Kier molecular flexibility index (Phi) is 3.92. The first-order chi connectivity index (χ1) is 10.8. The minimum Gasteiger partial charge on any atom is -0.372 e. The molecule has 6 heteroatoms. The van der Waals surface area contributed by atoms with Crippen molar-refractivity contribution < 1.29 is 9.47 Å². The highest BCUT2D eigenvalue weighted by Crippen LogP contribution is 2.28. The third-order valence-electron chi connectivity index (χ3n) is 5.07. The highest BCUT2D eigenvalue weighted by atomic mass is 16.6. The predicted molar refractivity (Wildman–Crippen MR) is 85.9 cm³/mol. The number of hydrogen-bond acceptors (Lipinski definition) is 6. The molecule has 3 atom stereocenters. The van der Waals surface area contributed by atoms with Gasteiger partial charge in [-0.3, -0.25) is 10.7 Å². The van der Waals surface area contributed by atoms with Gasteiger partial charge in [-0.05, 0) is 30.7 Å². The van der Waals surface area contributed by atoms with E-state index in [2.05, 4.69) is 27.4 Å². The highest BCUT2D eigenvalue weighted by Gasteiger charge is 2.41. The van der Waals surface area contributed by atoms with Gasteiger partial charge in [-0.1, -0.05) is 0 Å². The normalized spacial score (nSPS) is 32.2. The first-order valence-electron chi connectivity index (χ1n) is 8.12. The summed E-state index contributed by atoms with van der Waals surface area (Å²) in [7, 11) is 0. The molecule has 3 heterocycles. The van der Waals surface area contributed by atoms with Gasteiger partial charge in [0.25, 0.3) is 0 Å². The number of ether oxygens (including phenoxy) is 2. The van der Waals surface area contributed by atoms with Gasteiger partial charge in [0.15, 0.2) is 0 Å². The van der Waals surface area contributed by atoms with Crippen molar-refractivity contribution >= 4 is 11.4 Å². The zero-order valence-electron chi connectivity index (χ0n) is 12.8. The predicted octanol–water partition coefficient (Wildman–Crippen LogP) is 0.651. The smallest absolute Gasteiger partial charge is 0.0977 e. The monoisotopic (exact) mass is 304 g/mol. The summed E-state index contributed by atoms with van der Waals surface area (Å²) < 4.78 is 11.7. The fourth-order valence-corrected chi connectivity index (χ4v) is 3.83. The quantitative estimate of drug-likeness (QED) is 0.631. The van der Waals surface area contributed by atoms with Crippen molar-refractivity contribution in [3.05, 3.63) is 24.3 Å². The summed E-state index contributed by atoms with van der Waals surface area (Å²) in [6.45, 7) is 5.70. The molecule has 4 rings (SSSR count). The molecule has 1 aromatic carbocycles. The van der Waals surface area contributed by atoms with Crippen LogP contribution in [0.25, 0.3) is 0 Å². The van der Waals surface area contributed by atoms with E-state index in [0.717, 1.165) is 45.1 Å². The topological polar surface area (TPSA) is 63.0 Å². The minimum absolute atomic E-state index is 0.276. The molecule has 3 saturated heterocycles. The molecule has 0 aliphatic carbocycles. The fourth-order valence-electron chi connectivity index (χ4n) is 3.83. The molecule has 1 aromatic rings. The zero-order chi connectivity index (χ0) is 14.9. The van der Waals surface area contributed by atoms with Crippen molar-refractivity contribution in [2.24, 2.45) is 5.84 Å². The van der Waals surface area contributed by atoms with E-state index in [1.165, 1.54) is 12.1 Å². The second kappa shape index (κ2) is 6.04. The molecule has 120 valence electrons. The first kappa shape index (κ1) is 14.3. The number of fused-ring (bicyclic) bond motifs is 1. The first-order valence-corrected chi connectivity index (χ1v) is 8.12. The Bertz CT molecular complexity index is 495. The number of rotatable bonds is 3. The van der Waals surface area contributed by atoms with Gasteiger partial charge in [-0.15, -0.1) is 0 Å². The van der Waals surface area contributed by atoms with Crippen LogP contribution in [-0.2, 0) is 9.47 Å². The van der Waals surface area contributed by atoms with E-state index in [9.17, 15) is 0 Å². The van der Waals surface area contributed by atoms with E-state index in [1.807, 2.05) is 12.1 Å². The van der Waals surface area contributed by atoms with Crippen LogP contribution >= 0.6 is 0 Å². The fraction of sp³-hybridized carbons (Fsp3) is 0.625. The van der Waals surface area contributed by atoms with Crippen molar-refractivity contribution in [2.75, 3.05) is 49.7 Å². The number of hydrogen-bond donors (Lipinski definition) is 2. The van der Waals surface area contributed by atoms with Crippen LogP contribution in [0.15, 0.2) is 24.3 Å². The molecule has 3 aliphatic rings. The van der Waals surface area contributed by atoms with Crippen LogP contribution in [0.3, 0.4) is 0 Å². The van der Waals surface area contributed by atoms with Gasteiger partial charge < -0.3 is 19.8 Å². The van der Waals surface area contributed by atoms with Crippen molar-refractivity contribution in [2.45, 2.75) is 24.7 Å². The van der Waals surface area contributed by atoms with Crippen LogP contribution in [0, 0.1) is 0 Å². The van der Waals surface area contributed by atoms with E-state index in [4.69, 9.17) is 15.3 Å². The van der Waals surface area contributed by atoms with Crippen molar-refractivity contribution in [1.29, 1.82) is 0 Å². The number of benzene rings is 1. The number of hydrazine groups is 1. The summed E-state index contributed by atoms with van der Waals surface area (Å²) in [6, 6.07) is 8.91. The third-order valence-corrected chi connectivity index (χ3v) is 5.07. The lowest BCUT2D eigenvalue weighted by molar-refractivity contribution is -0.116. The number of nitrogens with zero attached hydrogens (tertiary/aromatic N) is 2. The van der Waals surface area contributed by atoms with E-state index in [1.54, 1.807) is 0 Å². The van der Waals surface area contributed by atoms with Gasteiger partial charge in [-0.25, -0.2) is 0 Å². The summed E-state index contributed by atoms with van der Waals surface area (Å²) in [6.07, 6.45) is 1.76. The van der Waals surface area contributed by atoms with E-state index in [-0.39, 0.29) is 12.2 Å². The second-order valence-corrected chi connectivity index (χ2v) is 6.35. The number of nitrogen functional groups attached to an aromatic ring is 1. The van der Waals surface area contributed by atoms with Crippen molar-refractivity contribution in [1.82, 2.24) is 4.90 Å². The Balaban J connectivity index is 1.37. The van der Waals surface area contributed by atoms with Gasteiger partial charge in [0.1, 0.15) is 0 Å². The Hall–Kier alpha value is -1.34. The van der Waals surface area contributed by atoms with Gasteiger partial charge in [0.2, 0.25) is 0 Å². The lowest BCUT2D eigenvalue weighted by Crippen LogP contribution is -2.36. The van der Waals surface area contributed by atoms with Gasteiger partial charge in [-0.2, -0.15) is 0 Å². The maximum Gasteiger partial charge on any atom is 0.0977 e. The van der Waals surface area contributed by atoms with Gasteiger partial charge in [0.05, 0.1) is 25.4 Å². The number of nitrogens with one attached hydrogen (secondary N) is 1. The lowest BCUT2D eigenvalue weighted by atomic mass is 10.2. The molecule has 0 saturated carbocycles. The molecular weight excluding hydrogens is 280 g/mol. The Morgan fingerprint density at radius 3 is 2.32 bits per heavy atom. The second-order valence-electron chi connectivity index (χ2n) is 6.35. The molecule has 0 radical (unpaired) electrons. The van der Waals surface area contributed by atoms with Crippen LogP contribution in [0.4, 0.5) is 11.4 Å². The van der Waals surface area contributed by atoms with E-state index < -0.39 is 0 Å². The van der Waals surface area contributed by atoms with E-state index in [0.29, 0.717) is 6.04 Å². The molecule has 22 heavy (non-hydrogen) atoms. The number of anilines is 2. The maximum absolute atomic E-state index is 5.83. The molecule has 0 spiro atoms. The summed E-state index contributed by atoms with van der Waals surface area (Å²) in [4.78, 5) is 5.01. The molecule has 0 bridgehead atoms. The molecule has 0 amide bonds. The summed E-state index contributed by atoms with van der Waals surface area (Å²) >= 11 is 0. The molecular formula is C16H24N4O2. The van der Waals surface area contributed by atoms with Crippen LogP contribution in [0.5, 0.6) is 0 Å². The highest BCUT2D eigenvalue weighted by molar-refractivity contribution is 5.55. The largest absolute Gasteiger partial charge is 0.372 e. The Morgan fingerprint density at radius 1 is 1.00 bits per heavy atom. The molecule has 3 N–H and O–H groups in total. The number of nitrogens with two attached hydrogens (primary N) is 1. The van der Waals surface area contributed by atoms with Crippen LogP contribution in [-0.4, -0.2) is 62.5 Å². The Morgan fingerprint density at radius 2 is 1.68 bits per heavy atom. The third kappa shape index (κ3) is 2.67. The molecule has 0 aromatic heterocycles. The van der Waals surface area contributed by atoms with Gasteiger partial charge >= 0.3 is 0 Å². The van der Waals surface area contributed by atoms with E-state index >= 15 is 0 Å². The average molecular weight is 304 g/mol. The standard InChI is InChI=1S/C16H24N4O2/c17-18-12-1-3-13(4-2-12)19-6-5-14(9-19)20-10-15-16(11-20)22-8-7-21-15/h1-4,14-16,18H,5-11,17H2.